The Morgan fingerprint density at radius 1 is 1.20 bits per heavy atom. The number of carbonyl (C=O) groups excluding carboxylic acids is 2. The van der Waals surface area contributed by atoms with Gasteiger partial charge in [-0.3, -0.25) is 14.6 Å². The zero-order chi connectivity index (χ0) is 21.0. The Balaban J connectivity index is 1.72. The predicted octanol–water partition coefficient (Wildman–Crippen LogP) is 4.71. The van der Waals surface area contributed by atoms with Crippen LogP contribution in [0.1, 0.15) is 42.6 Å². The molecular weight excluding hydrogens is 446 g/mol. The number of unbranched alkanes of at least 4 members (excludes halogenated alkanes) is 1. The molecule has 2 aromatic carbocycles. The van der Waals surface area contributed by atoms with Gasteiger partial charge in [0.1, 0.15) is 17.8 Å². The third-order valence-electron chi connectivity index (χ3n) is 6.15. The molecule has 0 saturated carbocycles. The zero-order valence-electron chi connectivity index (χ0n) is 16.6. The van der Waals surface area contributed by atoms with E-state index in [-0.39, 0.29) is 17.7 Å². The molecule has 3 amide bonds. The van der Waals surface area contributed by atoms with E-state index >= 15 is 0 Å². The number of phenolic OH excluding ortho intramolecular Hbond substituents is 1. The van der Waals surface area contributed by atoms with Crippen LogP contribution in [-0.4, -0.2) is 44.4 Å². The van der Waals surface area contributed by atoms with Gasteiger partial charge in [0, 0.05) is 39.6 Å². The number of benzene rings is 2. The monoisotopic (exact) mass is 467 g/mol. The molecule has 6 nitrogen and oxygen atoms in total. The summed E-state index contributed by atoms with van der Waals surface area (Å²) in [5, 5.41) is 11.8. The van der Waals surface area contributed by atoms with Gasteiger partial charge in [0.05, 0.1) is 0 Å². The van der Waals surface area contributed by atoms with Crippen molar-refractivity contribution in [3.05, 3.63) is 63.8 Å². The average Bonchev–Trinajstić information content (AvgIpc) is 3.23. The first-order valence-corrected chi connectivity index (χ1v) is 11.0. The summed E-state index contributed by atoms with van der Waals surface area (Å²) in [6.07, 6.45) is 2.15. The van der Waals surface area contributed by atoms with Crippen LogP contribution in [0, 0.1) is 0 Å². The first kappa shape index (κ1) is 19.2. The molecule has 0 bridgehead atoms. The minimum absolute atomic E-state index is 0.0979. The highest BCUT2D eigenvalue weighted by Crippen LogP contribution is 2.46. The second-order valence-electron chi connectivity index (χ2n) is 7.92. The highest BCUT2D eigenvalue weighted by atomic mass is 79.9. The number of hydrogen-bond acceptors (Lipinski definition) is 3. The number of aromatic hydroxyl groups is 1. The third-order valence-corrected chi connectivity index (χ3v) is 6.65. The summed E-state index contributed by atoms with van der Waals surface area (Å²) in [6, 6.07) is 11.7. The van der Waals surface area contributed by atoms with Crippen molar-refractivity contribution >= 4 is 38.8 Å². The van der Waals surface area contributed by atoms with Crippen molar-refractivity contribution in [1.82, 2.24) is 14.8 Å². The van der Waals surface area contributed by atoms with Crippen LogP contribution in [0.25, 0.3) is 10.9 Å². The van der Waals surface area contributed by atoms with E-state index < -0.39 is 12.1 Å². The number of carbonyl (C=O) groups is 2. The molecule has 5 rings (SSSR count). The standard InChI is InChI=1S/C23H22BrN3O3/c1-2-3-10-26-22(29)18-12-15-14-6-4-5-7-17(14)25-20(15)21(27(18)23(26)30)16-11-13(24)8-9-19(16)28/h4-9,11,18,21,25,28H,2-3,10,12H2,1H3/t18-,21-/m1/s1. The molecule has 2 atom stereocenters. The molecule has 3 heterocycles. The van der Waals surface area contributed by atoms with Gasteiger partial charge >= 0.3 is 6.03 Å². The fourth-order valence-electron chi connectivity index (χ4n) is 4.72. The van der Waals surface area contributed by atoms with Gasteiger partial charge in [-0.05, 0) is 36.2 Å². The van der Waals surface area contributed by atoms with Gasteiger partial charge in [-0.25, -0.2) is 4.79 Å². The second kappa shape index (κ2) is 7.16. The lowest BCUT2D eigenvalue weighted by molar-refractivity contribution is -0.128. The molecule has 7 heteroatoms. The number of phenols is 1. The van der Waals surface area contributed by atoms with E-state index in [1.165, 1.54) is 4.90 Å². The van der Waals surface area contributed by atoms with Gasteiger partial charge in [0.15, 0.2) is 0 Å². The maximum absolute atomic E-state index is 13.4. The Kier molecular flexibility index (Phi) is 4.58. The maximum atomic E-state index is 13.4. The van der Waals surface area contributed by atoms with E-state index in [0.717, 1.165) is 39.5 Å². The number of amides is 3. The molecule has 1 saturated heterocycles. The average molecular weight is 468 g/mol. The second-order valence-corrected chi connectivity index (χ2v) is 8.84. The van der Waals surface area contributed by atoms with E-state index in [4.69, 9.17) is 0 Å². The van der Waals surface area contributed by atoms with Crippen molar-refractivity contribution in [3.63, 3.8) is 0 Å². The summed E-state index contributed by atoms with van der Waals surface area (Å²) < 4.78 is 0.802. The van der Waals surface area contributed by atoms with Crippen LogP contribution < -0.4 is 0 Å². The van der Waals surface area contributed by atoms with Crippen molar-refractivity contribution in [3.8, 4) is 5.75 Å². The number of hydrogen-bond donors (Lipinski definition) is 2. The summed E-state index contributed by atoms with van der Waals surface area (Å²) in [5.41, 5.74) is 3.46. The molecule has 154 valence electrons. The number of imide groups is 1. The highest BCUT2D eigenvalue weighted by Gasteiger charge is 2.52. The minimum atomic E-state index is -0.565. The molecule has 1 fully saturated rings. The Labute approximate surface area is 182 Å². The molecule has 2 aliphatic heterocycles. The lowest BCUT2D eigenvalue weighted by Gasteiger charge is -2.36. The Bertz CT molecular complexity index is 1170. The number of fused-ring (bicyclic) bond motifs is 4. The molecule has 2 N–H and O–H groups in total. The molecule has 0 aliphatic carbocycles. The summed E-state index contributed by atoms with van der Waals surface area (Å²) in [6.45, 7) is 2.46. The Hall–Kier alpha value is -2.80. The van der Waals surface area contributed by atoms with Crippen molar-refractivity contribution in [2.24, 2.45) is 0 Å². The number of rotatable bonds is 4. The first-order valence-electron chi connectivity index (χ1n) is 10.2. The number of para-hydroxylation sites is 1. The maximum Gasteiger partial charge on any atom is 0.328 e. The predicted molar refractivity (Wildman–Crippen MR) is 117 cm³/mol. The number of nitrogens with zero attached hydrogens (tertiary/aromatic N) is 2. The molecule has 3 aromatic rings. The fraction of sp³-hybridized carbons (Fsp3) is 0.304. The lowest BCUT2D eigenvalue weighted by atomic mass is 9.88. The number of H-pyrrole nitrogens is 1. The van der Waals surface area contributed by atoms with Crippen LogP contribution in [-0.2, 0) is 11.2 Å². The van der Waals surface area contributed by atoms with Gasteiger partial charge in [-0.2, -0.15) is 0 Å². The molecule has 30 heavy (non-hydrogen) atoms. The zero-order valence-corrected chi connectivity index (χ0v) is 18.1. The fourth-order valence-corrected chi connectivity index (χ4v) is 5.10. The number of urea groups is 1. The topological polar surface area (TPSA) is 76.6 Å². The third kappa shape index (κ3) is 2.75. The Morgan fingerprint density at radius 3 is 2.80 bits per heavy atom. The van der Waals surface area contributed by atoms with E-state index in [1.54, 1.807) is 17.0 Å². The van der Waals surface area contributed by atoms with E-state index in [1.807, 2.05) is 37.3 Å². The largest absolute Gasteiger partial charge is 0.508 e. The molecule has 0 unspecified atom stereocenters. The summed E-state index contributed by atoms with van der Waals surface area (Å²) in [7, 11) is 0. The van der Waals surface area contributed by atoms with Gasteiger partial charge in [-0.1, -0.05) is 47.5 Å². The van der Waals surface area contributed by atoms with Gasteiger partial charge < -0.3 is 10.1 Å². The van der Waals surface area contributed by atoms with Crippen LogP contribution in [0.15, 0.2) is 46.9 Å². The summed E-state index contributed by atoms with van der Waals surface area (Å²) in [5.74, 6) is -0.0513. The minimum Gasteiger partial charge on any atom is -0.508 e. The van der Waals surface area contributed by atoms with Crippen LogP contribution in [0.5, 0.6) is 5.75 Å². The quantitative estimate of drug-likeness (QED) is 0.545. The molecule has 2 aliphatic rings. The first-order chi connectivity index (χ1) is 14.5. The SMILES string of the molecule is CCCCN1C(=O)[C@H]2Cc3c([nH]c4ccccc34)[C@@H](c3cc(Br)ccc3O)N2C1=O. The lowest BCUT2D eigenvalue weighted by Crippen LogP contribution is -2.44. The summed E-state index contributed by atoms with van der Waals surface area (Å²) in [4.78, 5) is 33.1. The van der Waals surface area contributed by atoms with E-state index in [9.17, 15) is 14.7 Å². The molecule has 0 spiro atoms. The van der Waals surface area contributed by atoms with Crippen molar-refractivity contribution in [2.75, 3.05) is 6.54 Å². The van der Waals surface area contributed by atoms with Crippen LogP contribution in [0.3, 0.4) is 0 Å². The normalized spacial score (nSPS) is 20.7. The Morgan fingerprint density at radius 2 is 2.00 bits per heavy atom. The number of nitrogens with one attached hydrogen (secondary N) is 1. The van der Waals surface area contributed by atoms with Crippen LogP contribution in [0.4, 0.5) is 4.79 Å². The molecular formula is C23H22BrN3O3. The number of aromatic nitrogens is 1. The number of halogens is 1. The van der Waals surface area contributed by atoms with E-state index in [2.05, 4.69) is 20.9 Å². The van der Waals surface area contributed by atoms with Gasteiger partial charge in [-0.15, -0.1) is 0 Å². The van der Waals surface area contributed by atoms with Gasteiger partial charge in [0.25, 0.3) is 5.91 Å². The van der Waals surface area contributed by atoms with E-state index in [0.29, 0.717) is 18.5 Å². The number of aromatic amines is 1. The van der Waals surface area contributed by atoms with Gasteiger partial charge in [0.2, 0.25) is 0 Å². The molecule has 1 aromatic heterocycles. The highest BCUT2D eigenvalue weighted by molar-refractivity contribution is 9.10. The van der Waals surface area contributed by atoms with Crippen molar-refractivity contribution in [1.29, 1.82) is 0 Å². The van der Waals surface area contributed by atoms with Crippen LogP contribution >= 0.6 is 15.9 Å². The smallest absolute Gasteiger partial charge is 0.328 e. The summed E-state index contributed by atoms with van der Waals surface area (Å²) >= 11 is 3.48. The van der Waals surface area contributed by atoms with Crippen molar-refractivity contribution < 1.29 is 14.7 Å². The molecule has 0 radical (unpaired) electrons. The van der Waals surface area contributed by atoms with Crippen molar-refractivity contribution in [2.45, 2.75) is 38.3 Å². The van der Waals surface area contributed by atoms with Crippen LogP contribution in [0.2, 0.25) is 0 Å².